The summed E-state index contributed by atoms with van der Waals surface area (Å²) >= 11 is 0. The Kier molecular flexibility index (Phi) is 4.42. The molecule has 0 amide bonds. The van der Waals surface area contributed by atoms with E-state index in [0.717, 1.165) is 6.42 Å². The second-order valence-corrected chi connectivity index (χ2v) is 2.94. The molecule has 0 aliphatic rings. The zero-order valence-corrected chi connectivity index (χ0v) is 8.56. The van der Waals surface area contributed by atoms with E-state index in [9.17, 15) is 0 Å². The molecule has 0 saturated heterocycles. The summed E-state index contributed by atoms with van der Waals surface area (Å²) in [6.45, 7) is 5.73. The van der Waals surface area contributed by atoms with Gasteiger partial charge in [0.2, 0.25) is 5.70 Å². The van der Waals surface area contributed by atoms with Crippen LogP contribution in [-0.4, -0.2) is 0 Å². The predicted octanol–water partition coefficient (Wildman–Crippen LogP) is 2.97. The Balaban J connectivity index is 2.94. The maximum absolute atomic E-state index is 3.71. The van der Waals surface area contributed by atoms with Gasteiger partial charge in [0, 0.05) is 18.2 Å². The van der Waals surface area contributed by atoms with Crippen LogP contribution in [0.5, 0.6) is 0 Å². The van der Waals surface area contributed by atoms with E-state index in [0.29, 0.717) is 0 Å². The van der Waals surface area contributed by atoms with Gasteiger partial charge in [-0.05, 0) is 19.4 Å². The van der Waals surface area contributed by atoms with Gasteiger partial charge in [0.05, 0.1) is 0 Å². The van der Waals surface area contributed by atoms with E-state index >= 15 is 0 Å². The molecule has 1 heteroatoms. The maximum atomic E-state index is 3.71. The van der Waals surface area contributed by atoms with Crippen LogP contribution in [0.25, 0.3) is 5.70 Å². The second kappa shape index (κ2) is 5.92. The number of pyridine rings is 1. The molecule has 0 bridgehead atoms. The van der Waals surface area contributed by atoms with E-state index in [-0.39, 0.29) is 0 Å². The van der Waals surface area contributed by atoms with Crippen LogP contribution < -0.4 is 4.57 Å². The first-order chi connectivity index (χ1) is 6.88. The molecule has 0 spiro atoms. The van der Waals surface area contributed by atoms with Gasteiger partial charge in [-0.15, -0.1) is 6.58 Å². The molecule has 1 aromatic rings. The Labute approximate surface area is 85.7 Å². The molecule has 0 unspecified atom stereocenters. The molecular formula is C13H16N+. The topological polar surface area (TPSA) is 3.88 Å². The van der Waals surface area contributed by atoms with E-state index < -0.39 is 0 Å². The summed E-state index contributed by atoms with van der Waals surface area (Å²) < 4.78 is 2.09. The average Bonchev–Trinajstić information content (AvgIpc) is 2.25. The number of hydrogen-bond donors (Lipinski definition) is 0. The Hall–Kier alpha value is -1.63. The zero-order valence-electron chi connectivity index (χ0n) is 8.56. The molecule has 1 heterocycles. The average molecular weight is 186 g/mol. The Morgan fingerprint density at radius 2 is 2.00 bits per heavy atom. The third kappa shape index (κ3) is 3.02. The lowest BCUT2D eigenvalue weighted by molar-refractivity contribution is -0.578. The summed E-state index contributed by atoms with van der Waals surface area (Å²) in [5.41, 5.74) is 1.17. The van der Waals surface area contributed by atoms with Crippen molar-refractivity contribution in [1.29, 1.82) is 0 Å². The van der Waals surface area contributed by atoms with E-state index in [2.05, 4.69) is 23.3 Å². The van der Waals surface area contributed by atoms with Gasteiger partial charge < -0.3 is 0 Å². The number of aromatic nitrogens is 1. The first kappa shape index (κ1) is 10.5. The molecule has 0 atom stereocenters. The lowest BCUT2D eigenvalue weighted by Crippen LogP contribution is -2.29. The van der Waals surface area contributed by atoms with E-state index in [4.69, 9.17) is 0 Å². The first-order valence-electron chi connectivity index (χ1n) is 4.79. The molecule has 0 fully saturated rings. The molecule has 72 valence electrons. The quantitative estimate of drug-likeness (QED) is 0.386. The summed E-state index contributed by atoms with van der Waals surface area (Å²) in [5, 5.41) is 0. The van der Waals surface area contributed by atoms with Crippen LogP contribution in [-0.2, 0) is 0 Å². The monoisotopic (exact) mass is 186 g/mol. The normalized spacial score (nSPS) is 11.9. The highest BCUT2D eigenvalue weighted by molar-refractivity contribution is 5.46. The minimum absolute atomic E-state index is 0.890. The minimum Gasteiger partial charge on any atom is -0.168 e. The lowest BCUT2D eigenvalue weighted by Gasteiger charge is -1.94. The van der Waals surface area contributed by atoms with Crippen molar-refractivity contribution in [1.82, 2.24) is 0 Å². The highest BCUT2D eigenvalue weighted by Gasteiger charge is 2.02. The van der Waals surface area contributed by atoms with E-state index in [1.807, 2.05) is 49.7 Å². The van der Waals surface area contributed by atoms with Crippen LogP contribution in [0.4, 0.5) is 0 Å². The zero-order chi connectivity index (χ0) is 10.2. The third-order valence-electron chi connectivity index (χ3n) is 1.84. The number of allylic oxidation sites excluding steroid dienone is 5. The Morgan fingerprint density at radius 1 is 1.29 bits per heavy atom. The van der Waals surface area contributed by atoms with Gasteiger partial charge in [0.1, 0.15) is 0 Å². The van der Waals surface area contributed by atoms with Gasteiger partial charge >= 0.3 is 0 Å². The van der Waals surface area contributed by atoms with Crippen LogP contribution >= 0.6 is 0 Å². The Bertz CT molecular complexity index is 334. The van der Waals surface area contributed by atoms with Crippen molar-refractivity contribution < 1.29 is 4.57 Å². The molecule has 0 saturated carbocycles. The molecule has 0 radical (unpaired) electrons. The maximum Gasteiger partial charge on any atom is 0.206 e. The molecule has 1 rings (SSSR count). The van der Waals surface area contributed by atoms with Crippen molar-refractivity contribution >= 4 is 5.70 Å². The van der Waals surface area contributed by atoms with Crippen LogP contribution in [0.2, 0.25) is 0 Å². The molecule has 1 aromatic heterocycles. The smallest absolute Gasteiger partial charge is 0.168 e. The largest absolute Gasteiger partial charge is 0.206 e. The third-order valence-corrected chi connectivity index (χ3v) is 1.84. The predicted molar refractivity (Wildman–Crippen MR) is 60.5 cm³/mol. The molecule has 1 nitrogen and oxygen atoms in total. The molecule has 0 aliphatic carbocycles. The molecule has 14 heavy (non-hydrogen) atoms. The van der Waals surface area contributed by atoms with Crippen molar-refractivity contribution in [3.63, 3.8) is 0 Å². The second-order valence-electron chi connectivity index (χ2n) is 2.94. The fourth-order valence-electron chi connectivity index (χ4n) is 1.21. The fraction of sp³-hybridized carbons (Fsp3) is 0.154. The minimum atomic E-state index is 0.890. The van der Waals surface area contributed by atoms with Crippen molar-refractivity contribution in [3.05, 3.63) is 61.5 Å². The molecular weight excluding hydrogens is 170 g/mol. The van der Waals surface area contributed by atoms with E-state index in [1.165, 1.54) is 5.70 Å². The highest BCUT2D eigenvalue weighted by Crippen LogP contribution is 1.98. The summed E-state index contributed by atoms with van der Waals surface area (Å²) in [6.07, 6.45) is 13.1. The molecule has 0 aliphatic heterocycles. The Morgan fingerprint density at radius 3 is 2.57 bits per heavy atom. The lowest BCUT2D eigenvalue weighted by atomic mass is 10.3. The number of nitrogens with zero attached hydrogens (tertiary/aromatic N) is 1. The highest BCUT2D eigenvalue weighted by atomic mass is 14.9. The van der Waals surface area contributed by atoms with Crippen LogP contribution in [0.1, 0.15) is 13.3 Å². The van der Waals surface area contributed by atoms with Crippen molar-refractivity contribution in [3.8, 4) is 0 Å². The van der Waals surface area contributed by atoms with Crippen molar-refractivity contribution in [2.45, 2.75) is 13.3 Å². The summed E-state index contributed by atoms with van der Waals surface area (Å²) in [4.78, 5) is 0. The molecule has 0 aromatic carbocycles. The first-order valence-corrected chi connectivity index (χ1v) is 4.79. The summed E-state index contributed by atoms with van der Waals surface area (Å²) in [5.74, 6) is 0. The van der Waals surface area contributed by atoms with Crippen molar-refractivity contribution in [2.75, 3.05) is 0 Å². The van der Waals surface area contributed by atoms with Gasteiger partial charge in [0.25, 0.3) is 0 Å². The molecule has 0 N–H and O–H groups in total. The van der Waals surface area contributed by atoms with E-state index in [1.54, 1.807) is 0 Å². The number of hydrogen-bond acceptors (Lipinski definition) is 0. The fourth-order valence-corrected chi connectivity index (χ4v) is 1.21. The van der Waals surface area contributed by atoms with Gasteiger partial charge in [0.15, 0.2) is 12.4 Å². The van der Waals surface area contributed by atoms with Crippen LogP contribution in [0.3, 0.4) is 0 Å². The van der Waals surface area contributed by atoms with Gasteiger partial charge in [-0.1, -0.05) is 18.2 Å². The summed E-state index contributed by atoms with van der Waals surface area (Å²) in [6, 6.07) is 6.05. The SMILES string of the molecule is C=CC/C=C(\C=C/C)[n+]1ccccc1. The van der Waals surface area contributed by atoms with Crippen molar-refractivity contribution in [2.24, 2.45) is 0 Å². The number of rotatable bonds is 4. The van der Waals surface area contributed by atoms with Gasteiger partial charge in [-0.25, -0.2) is 0 Å². The van der Waals surface area contributed by atoms with Gasteiger partial charge in [-0.3, -0.25) is 0 Å². The van der Waals surface area contributed by atoms with Gasteiger partial charge in [-0.2, -0.15) is 4.57 Å². The summed E-state index contributed by atoms with van der Waals surface area (Å²) in [7, 11) is 0. The van der Waals surface area contributed by atoms with Crippen LogP contribution in [0, 0.1) is 0 Å². The standard InChI is InChI=1S/C13H16N/c1-3-5-10-13(9-4-2)14-11-7-6-8-12-14/h3-4,6-12H,1,5H2,2H3/q+1/b9-4-,13-10+. The van der Waals surface area contributed by atoms with Crippen LogP contribution in [0.15, 0.2) is 61.5 Å².